The molecule has 0 unspecified atom stereocenters. The summed E-state index contributed by atoms with van der Waals surface area (Å²) in [6.07, 6.45) is 28.9. The standard InChI is InChI=1S/C29H35N.C28H33N/c1-2-3-4-5-6-7-8-24-9-11-25(12-10-24)13-14-26-15-19-28(20-16-26)29-21-17-27(23-30)18-22-29;1-2-3-4-5-6-7-23-8-10-24(11-9-23)12-13-25-14-18-27(19-15-25)28-20-16-26(22-29)17-21-28/h15-22,24-25H,2-12H2,1H3;14-21,23-24H,2-11H2,1H3. The minimum atomic E-state index is 0.573. The van der Waals surface area contributed by atoms with E-state index in [1.54, 1.807) is 0 Å². The lowest BCUT2D eigenvalue weighted by molar-refractivity contribution is 0.293. The van der Waals surface area contributed by atoms with Gasteiger partial charge in [-0.1, -0.05) is 170 Å². The molecule has 59 heavy (non-hydrogen) atoms. The van der Waals surface area contributed by atoms with Crippen LogP contribution in [0, 0.1) is 70.0 Å². The Kier molecular flexibility index (Phi) is 20.0. The summed E-state index contributed by atoms with van der Waals surface area (Å²) in [5, 5.41) is 17.8. The number of unbranched alkanes of at least 4 members (excludes halogenated alkanes) is 9. The fourth-order valence-corrected chi connectivity index (χ4v) is 8.78. The third-order valence-electron chi connectivity index (χ3n) is 12.7. The Morgan fingerprint density at radius 2 is 0.661 bits per heavy atom. The minimum Gasteiger partial charge on any atom is -0.192 e. The van der Waals surface area contributed by atoms with Crippen molar-refractivity contribution in [3.05, 3.63) is 119 Å². The molecular weight excluding hydrogens is 713 g/mol. The van der Waals surface area contributed by atoms with Gasteiger partial charge >= 0.3 is 0 Å². The molecule has 0 saturated heterocycles. The number of hydrogen-bond donors (Lipinski definition) is 0. The molecule has 0 atom stereocenters. The van der Waals surface area contributed by atoms with E-state index in [9.17, 15) is 0 Å². The van der Waals surface area contributed by atoms with Gasteiger partial charge in [-0.05, 0) is 134 Å². The molecule has 0 radical (unpaired) electrons. The molecule has 2 heteroatoms. The molecule has 0 aromatic heterocycles. The lowest BCUT2D eigenvalue weighted by atomic mass is 9.80. The lowest BCUT2D eigenvalue weighted by Crippen LogP contribution is -2.13. The van der Waals surface area contributed by atoms with Gasteiger partial charge in [0.15, 0.2) is 0 Å². The molecule has 0 N–H and O–H groups in total. The first kappa shape index (κ1) is 45.1. The average molecular weight is 781 g/mol. The van der Waals surface area contributed by atoms with Crippen molar-refractivity contribution in [2.24, 2.45) is 23.7 Å². The van der Waals surface area contributed by atoms with Crippen molar-refractivity contribution in [1.29, 1.82) is 10.5 Å². The SMILES string of the molecule is CCCCCCCC1CCC(C#Cc2ccc(-c3ccc(C#N)cc3)cc2)CC1.CCCCCCCCC1CCC(C#Cc2ccc(-c3ccc(C#N)cc3)cc2)CC1. The summed E-state index contributed by atoms with van der Waals surface area (Å²) in [5.41, 5.74) is 8.20. The highest BCUT2D eigenvalue weighted by Gasteiger charge is 2.20. The molecule has 306 valence electrons. The highest BCUT2D eigenvalue weighted by molar-refractivity contribution is 5.66. The number of nitriles is 2. The molecule has 6 rings (SSSR count). The Labute approximate surface area is 358 Å². The van der Waals surface area contributed by atoms with Crippen LogP contribution < -0.4 is 0 Å². The van der Waals surface area contributed by atoms with Gasteiger partial charge in [0.1, 0.15) is 0 Å². The van der Waals surface area contributed by atoms with Gasteiger partial charge in [-0.2, -0.15) is 10.5 Å². The number of nitrogens with zero attached hydrogens (tertiary/aromatic N) is 2. The maximum atomic E-state index is 8.93. The van der Waals surface area contributed by atoms with Gasteiger partial charge < -0.3 is 0 Å². The summed E-state index contributed by atoms with van der Waals surface area (Å²) in [6.45, 7) is 4.57. The van der Waals surface area contributed by atoms with Crippen molar-refractivity contribution in [3.63, 3.8) is 0 Å². The van der Waals surface area contributed by atoms with Crippen molar-refractivity contribution in [2.75, 3.05) is 0 Å². The Morgan fingerprint density at radius 1 is 0.373 bits per heavy atom. The minimum absolute atomic E-state index is 0.573. The quantitative estimate of drug-likeness (QED) is 0.0891. The van der Waals surface area contributed by atoms with Crippen molar-refractivity contribution < 1.29 is 0 Å². The first-order valence-electron chi connectivity index (χ1n) is 23.3. The van der Waals surface area contributed by atoms with E-state index in [1.165, 1.54) is 146 Å². The van der Waals surface area contributed by atoms with E-state index in [4.69, 9.17) is 10.5 Å². The summed E-state index contributed by atoms with van der Waals surface area (Å²) in [4.78, 5) is 0. The molecule has 2 aliphatic rings. The van der Waals surface area contributed by atoms with Gasteiger partial charge in [-0.3, -0.25) is 0 Å². The zero-order valence-electron chi connectivity index (χ0n) is 36.3. The Balaban J connectivity index is 0.000000224. The van der Waals surface area contributed by atoms with Crippen molar-refractivity contribution in [1.82, 2.24) is 0 Å². The van der Waals surface area contributed by atoms with Crippen LogP contribution in [0.1, 0.15) is 171 Å². The van der Waals surface area contributed by atoms with Crippen molar-refractivity contribution >= 4 is 0 Å². The van der Waals surface area contributed by atoms with Gasteiger partial charge in [0.2, 0.25) is 0 Å². The molecule has 0 heterocycles. The molecule has 2 fully saturated rings. The van der Waals surface area contributed by atoms with E-state index in [0.717, 1.165) is 34.1 Å². The molecule has 2 saturated carbocycles. The number of benzene rings is 4. The summed E-state index contributed by atoms with van der Waals surface area (Å²) in [5.74, 6) is 16.9. The summed E-state index contributed by atoms with van der Waals surface area (Å²) in [6, 6.07) is 36.8. The second-order valence-corrected chi connectivity index (χ2v) is 17.3. The highest BCUT2D eigenvalue weighted by atomic mass is 14.3. The van der Waals surface area contributed by atoms with Gasteiger partial charge in [0.25, 0.3) is 0 Å². The molecule has 2 aliphatic carbocycles. The maximum Gasteiger partial charge on any atom is 0.0991 e. The van der Waals surface area contributed by atoms with Crippen LogP contribution in [-0.2, 0) is 0 Å². The fraction of sp³-hybridized carbons (Fsp3) is 0.474. The van der Waals surface area contributed by atoms with Gasteiger partial charge in [-0.15, -0.1) is 0 Å². The predicted molar refractivity (Wildman–Crippen MR) is 249 cm³/mol. The number of hydrogen-bond acceptors (Lipinski definition) is 2. The smallest absolute Gasteiger partial charge is 0.0991 e. The van der Waals surface area contributed by atoms with E-state index in [0.29, 0.717) is 23.0 Å². The van der Waals surface area contributed by atoms with Crippen LogP contribution in [0.5, 0.6) is 0 Å². The normalized spacial score (nSPS) is 18.4. The van der Waals surface area contributed by atoms with E-state index >= 15 is 0 Å². The van der Waals surface area contributed by atoms with Gasteiger partial charge in [-0.25, -0.2) is 0 Å². The van der Waals surface area contributed by atoms with Crippen molar-refractivity contribution in [3.8, 4) is 58.1 Å². The molecule has 0 spiro atoms. The van der Waals surface area contributed by atoms with Crippen LogP contribution in [0.3, 0.4) is 0 Å². The van der Waals surface area contributed by atoms with Crippen LogP contribution in [0.25, 0.3) is 22.3 Å². The third kappa shape index (κ3) is 16.3. The van der Waals surface area contributed by atoms with E-state index in [1.807, 2.05) is 48.5 Å². The predicted octanol–water partition coefficient (Wildman–Crippen LogP) is 15.9. The lowest BCUT2D eigenvalue weighted by Gasteiger charge is -2.25. The van der Waals surface area contributed by atoms with Crippen molar-refractivity contribution in [2.45, 2.75) is 149 Å². The van der Waals surface area contributed by atoms with Gasteiger partial charge in [0.05, 0.1) is 23.3 Å². The number of rotatable bonds is 15. The third-order valence-corrected chi connectivity index (χ3v) is 12.7. The second-order valence-electron chi connectivity index (χ2n) is 17.3. The molecule has 2 nitrogen and oxygen atoms in total. The Morgan fingerprint density at radius 3 is 0.966 bits per heavy atom. The fourth-order valence-electron chi connectivity index (χ4n) is 8.78. The summed E-state index contributed by atoms with van der Waals surface area (Å²) >= 11 is 0. The van der Waals surface area contributed by atoms with Crippen LogP contribution in [0.4, 0.5) is 0 Å². The molecule has 0 aliphatic heterocycles. The molecule has 0 bridgehead atoms. The largest absolute Gasteiger partial charge is 0.192 e. The van der Waals surface area contributed by atoms with Crippen LogP contribution in [0.2, 0.25) is 0 Å². The van der Waals surface area contributed by atoms with E-state index in [2.05, 4.69) is 98.2 Å². The van der Waals surface area contributed by atoms with Crippen LogP contribution in [-0.4, -0.2) is 0 Å². The molecule has 0 amide bonds. The summed E-state index contributed by atoms with van der Waals surface area (Å²) < 4.78 is 0. The maximum absolute atomic E-state index is 8.93. The first-order valence-corrected chi connectivity index (χ1v) is 23.3. The van der Waals surface area contributed by atoms with E-state index in [-0.39, 0.29) is 0 Å². The zero-order chi connectivity index (χ0) is 41.3. The zero-order valence-corrected chi connectivity index (χ0v) is 36.3. The molecular formula is C57H68N2. The highest BCUT2D eigenvalue weighted by Crippen LogP contribution is 2.33. The van der Waals surface area contributed by atoms with E-state index < -0.39 is 0 Å². The molecule has 4 aromatic carbocycles. The second kappa shape index (κ2) is 26.2. The Bertz CT molecular complexity index is 1980. The van der Waals surface area contributed by atoms with Crippen LogP contribution >= 0.6 is 0 Å². The van der Waals surface area contributed by atoms with Gasteiger partial charge in [0, 0.05) is 23.0 Å². The van der Waals surface area contributed by atoms with Crippen LogP contribution in [0.15, 0.2) is 97.1 Å². The topological polar surface area (TPSA) is 47.6 Å². The monoisotopic (exact) mass is 781 g/mol. The summed E-state index contributed by atoms with van der Waals surface area (Å²) in [7, 11) is 0. The first-order chi connectivity index (χ1) is 29.1. The molecule has 4 aromatic rings. The average Bonchev–Trinajstić information content (AvgIpc) is 3.30. The Hall–Kier alpha value is -5.02.